The second kappa shape index (κ2) is 9.54. The molecule has 7 N–H and O–H groups in total. The molecule has 1 aliphatic rings. The maximum absolute atomic E-state index is 12.3. The number of hydrogen-bond donors (Lipinski definition) is 5. The number of imidazole rings is 1. The van der Waals surface area contributed by atoms with E-state index in [-0.39, 0.29) is 19.0 Å². The molecule has 3 heterocycles. The van der Waals surface area contributed by atoms with Gasteiger partial charge in [0, 0.05) is 6.54 Å². The number of nitrogen functional groups attached to an aromatic ring is 1. The van der Waals surface area contributed by atoms with Crippen molar-refractivity contribution in [2.45, 2.75) is 37.2 Å². The van der Waals surface area contributed by atoms with Crippen LogP contribution in [0.3, 0.4) is 0 Å². The highest BCUT2D eigenvalue weighted by atomic mass is 16.6. The van der Waals surface area contributed by atoms with E-state index in [1.165, 1.54) is 17.2 Å². The summed E-state index contributed by atoms with van der Waals surface area (Å²) in [6, 6.07) is 8.63. The number of hydrogen-bond acceptors (Lipinski definition) is 10. The molecular formula is C20H25N7O5. The first kappa shape index (κ1) is 22.0. The average Bonchev–Trinajstić information content (AvgIpc) is 3.35. The fourth-order valence-electron chi connectivity index (χ4n) is 3.47. The molecule has 0 bridgehead atoms. The van der Waals surface area contributed by atoms with E-state index in [0.29, 0.717) is 17.8 Å². The van der Waals surface area contributed by atoms with Gasteiger partial charge in [0.15, 0.2) is 17.7 Å². The smallest absolute Gasteiger partial charge is 0.239 e. The Balaban J connectivity index is 1.30. The molecule has 1 fully saturated rings. The van der Waals surface area contributed by atoms with Crippen LogP contribution < -0.4 is 16.8 Å². The fraction of sp³-hybridized carbons (Fsp3) is 0.400. The van der Waals surface area contributed by atoms with E-state index in [1.54, 1.807) is 0 Å². The predicted octanol–water partition coefficient (Wildman–Crippen LogP) is -1.31. The van der Waals surface area contributed by atoms with Crippen LogP contribution in [0.4, 0.5) is 5.82 Å². The Bertz CT molecular complexity index is 1060. The van der Waals surface area contributed by atoms with Gasteiger partial charge < -0.3 is 36.5 Å². The summed E-state index contributed by atoms with van der Waals surface area (Å²) in [7, 11) is 0. The zero-order chi connectivity index (χ0) is 22.7. The number of aliphatic hydroxyl groups is 2. The molecular weight excluding hydrogens is 418 g/mol. The van der Waals surface area contributed by atoms with Crippen LogP contribution in [0.5, 0.6) is 0 Å². The third-order valence-electron chi connectivity index (χ3n) is 5.22. The number of amides is 1. The van der Waals surface area contributed by atoms with Gasteiger partial charge in [-0.25, -0.2) is 15.0 Å². The summed E-state index contributed by atoms with van der Waals surface area (Å²) in [6.45, 7) is 0.318. The number of nitrogens with zero attached hydrogens (tertiary/aromatic N) is 4. The van der Waals surface area contributed by atoms with Gasteiger partial charge in [0.05, 0.1) is 19.5 Å². The van der Waals surface area contributed by atoms with Crippen molar-refractivity contribution < 1.29 is 24.5 Å². The van der Waals surface area contributed by atoms with Gasteiger partial charge >= 0.3 is 0 Å². The molecule has 4 rings (SSSR count). The van der Waals surface area contributed by atoms with Crippen molar-refractivity contribution in [2.75, 3.05) is 18.9 Å². The summed E-state index contributed by atoms with van der Waals surface area (Å²) in [5.74, 6) is -0.269. The van der Waals surface area contributed by atoms with E-state index >= 15 is 0 Å². The summed E-state index contributed by atoms with van der Waals surface area (Å²) in [4.78, 5) is 24.4. The molecule has 12 heteroatoms. The normalized spacial score (nSPS) is 24.0. The Morgan fingerprint density at radius 3 is 2.78 bits per heavy atom. The fourth-order valence-corrected chi connectivity index (χ4v) is 3.47. The van der Waals surface area contributed by atoms with Crippen LogP contribution in [0.25, 0.3) is 11.2 Å². The quantitative estimate of drug-likeness (QED) is 0.280. The number of carbonyl (C=O) groups excluding carboxylic acids is 1. The average molecular weight is 443 g/mol. The third-order valence-corrected chi connectivity index (χ3v) is 5.22. The van der Waals surface area contributed by atoms with Gasteiger partial charge in [-0.2, -0.15) is 0 Å². The molecule has 1 saturated heterocycles. The molecule has 0 aliphatic carbocycles. The lowest BCUT2D eigenvalue weighted by molar-refractivity contribution is -0.124. The molecule has 3 aromatic rings. The molecule has 1 amide bonds. The SMILES string of the molecule is Nc1ncnc2c1ncn2[C@@H]1O[C@H](CNC(=O)[C@@H](N)COCc2ccccc2)[C@@H](O)[C@H]1O. The zero-order valence-electron chi connectivity index (χ0n) is 17.1. The Hall–Kier alpha value is -3.16. The Morgan fingerprint density at radius 2 is 2.00 bits per heavy atom. The van der Waals surface area contributed by atoms with Gasteiger partial charge in [0.25, 0.3) is 0 Å². The monoisotopic (exact) mass is 443 g/mol. The van der Waals surface area contributed by atoms with Gasteiger partial charge in [0.2, 0.25) is 5.91 Å². The Labute approximate surface area is 183 Å². The maximum atomic E-state index is 12.3. The van der Waals surface area contributed by atoms with Crippen molar-refractivity contribution in [3.63, 3.8) is 0 Å². The topological polar surface area (TPSA) is 184 Å². The molecule has 0 unspecified atom stereocenters. The van der Waals surface area contributed by atoms with E-state index in [9.17, 15) is 15.0 Å². The molecule has 1 aliphatic heterocycles. The highest BCUT2D eigenvalue weighted by Gasteiger charge is 2.44. The highest BCUT2D eigenvalue weighted by Crippen LogP contribution is 2.31. The molecule has 32 heavy (non-hydrogen) atoms. The minimum absolute atomic E-state index is 0.0300. The number of carbonyl (C=O) groups is 1. The van der Waals surface area contributed by atoms with Crippen LogP contribution in [-0.2, 0) is 20.9 Å². The highest BCUT2D eigenvalue weighted by molar-refractivity contribution is 5.82. The van der Waals surface area contributed by atoms with Gasteiger partial charge in [-0.3, -0.25) is 9.36 Å². The molecule has 0 spiro atoms. The number of aromatic nitrogens is 4. The van der Waals surface area contributed by atoms with Crippen LogP contribution in [-0.4, -0.2) is 73.1 Å². The van der Waals surface area contributed by atoms with Crippen LogP contribution in [0, 0.1) is 0 Å². The lowest BCUT2D eigenvalue weighted by Crippen LogP contribution is -2.47. The van der Waals surface area contributed by atoms with E-state index < -0.39 is 36.5 Å². The molecule has 0 saturated carbocycles. The number of nitrogens with two attached hydrogens (primary N) is 2. The van der Waals surface area contributed by atoms with E-state index in [0.717, 1.165) is 5.56 Å². The summed E-state index contributed by atoms with van der Waals surface area (Å²) >= 11 is 0. The van der Waals surface area contributed by atoms with Crippen molar-refractivity contribution in [1.82, 2.24) is 24.8 Å². The standard InChI is InChI=1S/C20H25N7O5/c21-12(8-31-7-11-4-2-1-3-5-11)19(30)23-6-13-15(28)16(29)20(32-13)27-10-26-14-17(22)24-9-25-18(14)27/h1-5,9-10,12-13,15-16,20,28-29H,6-8,21H2,(H,23,30)(H2,22,24,25)/t12-,13+,15+,16+,20+/m0/s1. The number of nitrogens with one attached hydrogen (secondary N) is 1. The number of fused-ring (bicyclic) bond motifs is 1. The molecule has 12 nitrogen and oxygen atoms in total. The van der Waals surface area contributed by atoms with Gasteiger partial charge in [-0.05, 0) is 5.56 Å². The lowest BCUT2D eigenvalue weighted by Gasteiger charge is -2.18. The van der Waals surface area contributed by atoms with Gasteiger partial charge in [0.1, 0.15) is 36.2 Å². The van der Waals surface area contributed by atoms with Crippen molar-refractivity contribution in [2.24, 2.45) is 5.73 Å². The molecule has 1 aromatic carbocycles. The van der Waals surface area contributed by atoms with Crippen LogP contribution >= 0.6 is 0 Å². The minimum atomic E-state index is -1.27. The summed E-state index contributed by atoms with van der Waals surface area (Å²) < 4.78 is 12.7. The minimum Gasteiger partial charge on any atom is -0.387 e. The van der Waals surface area contributed by atoms with Crippen molar-refractivity contribution in [1.29, 1.82) is 0 Å². The number of anilines is 1. The molecule has 2 aromatic heterocycles. The first-order valence-electron chi connectivity index (χ1n) is 10.0. The van der Waals surface area contributed by atoms with Crippen LogP contribution in [0.15, 0.2) is 43.0 Å². The van der Waals surface area contributed by atoms with Crippen molar-refractivity contribution >= 4 is 22.9 Å². The predicted molar refractivity (Wildman–Crippen MR) is 113 cm³/mol. The molecule has 170 valence electrons. The molecule has 0 radical (unpaired) electrons. The van der Waals surface area contributed by atoms with Crippen LogP contribution in [0.1, 0.15) is 11.8 Å². The van der Waals surface area contributed by atoms with Crippen LogP contribution in [0.2, 0.25) is 0 Å². The first-order valence-corrected chi connectivity index (χ1v) is 10.0. The first-order chi connectivity index (χ1) is 15.5. The maximum Gasteiger partial charge on any atom is 0.239 e. The number of aliphatic hydroxyl groups excluding tert-OH is 2. The number of ether oxygens (including phenoxy) is 2. The second-order valence-electron chi connectivity index (χ2n) is 7.48. The summed E-state index contributed by atoms with van der Waals surface area (Å²) in [5, 5.41) is 23.5. The third kappa shape index (κ3) is 4.54. The second-order valence-corrected chi connectivity index (χ2v) is 7.48. The largest absolute Gasteiger partial charge is 0.387 e. The lowest BCUT2D eigenvalue weighted by atomic mass is 10.1. The van der Waals surface area contributed by atoms with E-state index in [4.69, 9.17) is 20.9 Å². The number of rotatable bonds is 8. The Kier molecular flexibility index (Phi) is 6.58. The van der Waals surface area contributed by atoms with Crippen molar-refractivity contribution in [3.8, 4) is 0 Å². The number of benzene rings is 1. The Morgan fingerprint density at radius 1 is 1.22 bits per heavy atom. The van der Waals surface area contributed by atoms with E-state index in [2.05, 4.69) is 20.3 Å². The summed E-state index contributed by atoms with van der Waals surface area (Å²) in [6.07, 6.45) is -1.68. The van der Waals surface area contributed by atoms with Gasteiger partial charge in [-0.1, -0.05) is 30.3 Å². The van der Waals surface area contributed by atoms with Gasteiger partial charge in [-0.15, -0.1) is 0 Å². The summed E-state index contributed by atoms with van der Waals surface area (Å²) in [5.41, 5.74) is 13.4. The zero-order valence-corrected chi connectivity index (χ0v) is 17.1. The van der Waals surface area contributed by atoms with E-state index in [1.807, 2.05) is 30.3 Å². The van der Waals surface area contributed by atoms with Crippen molar-refractivity contribution in [3.05, 3.63) is 48.5 Å². The molecule has 5 atom stereocenters.